The third-order valence-electron chi connectivity index (χ3n) is 5.32. The van der Waals surface area contributed by atoms with E-state index in [1.54, 1.807) is 16.6 Å². The van der Waals surface area contributed by atoms with Gasteiger partial charge in [-0.15, -0.1) is 0 Å². The summed E-state index contributed by atoms with van der Waals surface area (Å²) in [6.07, 6.45) is 9.65. The minimum Gasteiger partial charge on any atom is -0.348 e. The first-order valence-electron chi connectivity index (χ1n) is 8.76. The van der Waals surface area contributed by atoms with E-state index in [1.165, 1.54) is 17.5 Å². The van der Waals surface area contributed by atoms with Crippen molar-refractivity contribution in [2.24, 2.45) is 0 Å². The smallest absolute Gasteiger partial charge is 0.243 e. The van der Waals surface area contributed by atoms with E-state index >= 15 is 0 Å². The first kappa shape index (κ1) is 15.8. The van der Waals surface area contributed by atoms with Gasteiger partial charge in [0.15, 0.2) is 0 Å². The topological polar surface area (TPSA) is 66.1 Å². The molecule has 1 saturated heterocycles. The Kier molecular flexibility index (Phi) is 4.18. The molecule has 0 bridgehead atoms. The number of nitrogens with zero attached hydrogens (tertiary/aromatic N) is 2. The minimum atomic E-state index is -3.39. The molecule has 0 atom stereocenters. The number of piperidine rings is 1. The average molecular weight is 345 g/mol. The fourth-order valence-corrected chi connectivity index (χ4v) is 5.41. The summed E-state index contributed by atoms with van der Waals surface area (Å²) in [7, 11) is -3.39. The summed E-state index contributed by atoms with van der Waals surface area (Å²) in [5.41, 5.74) is 2.53. The van der Waals surface area contributed by atoms with Crippen molar-refractivity contribution in [2.45, 2.75) is 49.3 Å². The summed E-state index contributed by atoms with van der Waals surface area (Å²) in [4.78, 5) is 7.92. The van der Waals surface area contributed by atoms with Gasteiger partial charge in [-0.05, 0) is 61.8 Å². The Bertz CT molecular complexity index is 807. The maximum atomic E-state index is 13.0. The zero-order valence-corrected chi connectivity index (χ0v) is 14.6. The Morgan fingerprint density at radius 2 is 1.83 bits per heavy atom. The summed E-state index contributed by atoms with van der Waals surface area (Å²) in [5, 5.41) is 0. The second kappa shape index (κ2) is 6.33. The van der Waals surface area contributed by atoms with Crippen molar-refractivity contribution in [3.63, 3.8) is 0 Å². The van der Waals surface area contributed by atoms with Gasteiger partial charge in [0.05, 0.1) is 4.90 Å². The molecule has 5 nitrogen and oxygen atoms in total. The number of sulfonamides is 1. The highest BCUT2D eigenvalue weighted by Gasteiger charge is 2.31. The summed E-state index contributed by atoms with van der Waals surface area (Å²) in [5.74, 6) is 1.30. The number of aromatic amines is 1. The summed E-state index contributed by atoms with van der Waals surface area (Å²) >= 11 is 0. The molecule has 1 fully saturated rings. The van der Waals surface area contributed by atoms with Crippen molar-refractivity contribution >= 4 is 10.0 Å². The van der Waals surface area contributed by atoms with Crippen LogP contribution in [0.2, 0.25) is 0 Å². The van der Waals surface area contributed by atoms with Crippen LogP contribution in [0.5, 0.6) is 0 Å². The third kappa shape index (κ3) is 2.89. The van der Waals surface area contributed by atoms with E-state index < -0.39 is 10.0 Å². The van der Waals surface area contributed by atoms with Gasteiger partial charge in [-0.3, -0.25) is 0 Å². The van der Waals surface area contributed by atoms with Gasteiger partial charge < -0.3 is 4.98 Å². The van der Waals surface area contributed by atoms with Crippen LogP contribution in [0.25, 0.3) is 0 Å². The molecule has 1 aromatic carbocycles. The van der Waals surface area contributed by atoms with Gasteiger partial charge in [0.25, 0.3) is 0 Å². The molecule has 1 aliphatic heterocycles. The summed E-state index contributed by atoms with van der Waals surface area (Å²) in [6.45, 7) is 1.12. The largest absolute Gasteiger partial charge is 0.348 e. The zero-order valence-electron chi connectivity index (χ0n) is 13.7. The van der Waals surface area contributed by atoms with Crippen molar-refractivity contribution < 1.29 is 8.42 Å². The molecule has 1 N–H and O–H groups in total. The van der Waals surface area contributed by atoms with Gasteiger partial charge in [0.2, 0.25) is 10.0 Å². The van der Waals surface area contributed by atoms with Crippen LogP contribution in [-0.2, 0) is 22.9 Å². The molecule has 2 aromatic rings. The van der Waals surface area contributed by atoms with Crippen molar-refractivity contribution in [3.05, 3.63) is 47.5 Å². The molecule has 0 saturated carbocycles. The van der Waals surface area contributed by atoms with Crippen LogP contribution in [0.3, 0.4) is 0 Å². The fraction of sp³-hybridized carbons (Fsp3) is 0.500. The highest BCUT2D eigenvalue weighted by Crippen LogP contribution is 2.30. The molecule has 0 spiro atoms. The van der Waals surface area contributed by atoms with Gasteiger partial charge in [0, 0.05) is 31.4 Å². The minimum absolute atomic E-state index is 0.329. The molecule has 0 radical (unpaired) electrons. The van der Waals surface area contributed by atoms with Crippen molar-refractivity contribution in [1.82, 2.24) is 14.3 Å². The lowest BCUT2D eigenvalue weighted by molar-refractivity contribution is 0.314. The van der Waals surface area contributed by atoms with E-state index in [9.17, 15) is 8.42 Å². The van der Waals surface area contributed by atoms with Gasteiger partial charge >= 0.3 is 0 Å². The van der Waals surface area contributed by atoms with Crippen LogP contribution in [-0.4, -0.2) is 35.8 Å². The van der Waals surface area contributed by atoms with Crippen molar-refractivity contribution in [1.29, 1.82) is 0 Å². The fourth-order valence-electron chi connectivity index (χ4n) is 3.89. The standard InChI is InChI=1S/C18H23N3O2S/c22-24(23,17-6-5-14-3-1-2-4-16(14)13-17)21-11-7-15(8-12-21)18-19-9-10-20-18/h5-6,9-10,13,15H,1-4,7-8,11-12H2,(H,19,20). The molecule has 1 aromatic heterocycles. The number of aryl methyl sites for hydroxylation is 2. The van der Waals surface area contributed by atoms with Crippen LogP contribution >= 0.6 is 0 Å². The van der Waals surface area contributed by atoms with E-state index in [0.29, 0.717) is 23.9 Å². The SMILES string of the molecule is O=S(=O)(c1ccc2c(c1)CCCC2)N1CCC(c2ncc[nH]2)CC1. The Morgan fingerprint density at radius 3 is 2.54 bits per heavy atom. The number of H-pyrrole nitrogens is 1. The molecule has 0 unspecified atom stereocenters. The summed E-state index contributed by atoms with van der Waals surface area (Å²) < 4.78 is 27.6. The Labute approximate surface area is 143 Å². The zero-order chi connectivity index (χ0) is 16.6. The quantitative estimate of drug-likeness (QED) is 0.930. The molecular weight excluding hydrogens is 322 g/mol. The lowest BCUT2D eigenvalue weighted by Gasteiger charge is -2.30. The number of aromatic nitrogens is 2. The lowest BCUT2D eigenvalue weighted by Crippen LogP contribution is -2.38. The van der Waals surface area contributed by atoms with Crippen LogP contribution in [0.15, 0.2) is 35.5 Å². The number of benzene rings is 1. The monoisotopic (exact) mass is 345 g/mol. The van der Waals surface area contributed by atoms with E-state index in [1.807, 2.05) is 18.3 Å². The van der Waals surface area contributed by atoms with Crippen LogP contribution in [0.1, 0.15) is 48.6 Å². The van der Waals surface area contributed by atoms with Gasteiger partial charge in [-0.25, -0.2) is 13.4 Å². The summed E-state index contributed by atoms with van der Waals surface area (Å²) in [6, 6.07) is 5.71. The first-order valence-corrected chi connectivity index (χ1v) is 10.2. The van der Waals surface area contributed by atoms with Gasteiger partial charge in [0.1, 0.15) is 5.82 Å². The number of hydrogen-bond donors (Lipinski definition) is 1. The molecular formula is C18H23N3O2S. The van der Waals surface area contributed by atoms with E-state index in [2.05, 4.69) is 9.97 Å². The normalized spacial score (nSPS) is 20.0. The van der Waals surface area contributed by atoms with Crippen LogP contribution in [0, 0.1) is 0 Å². The molecule has 1 aliphatic carbocycles. The van der Waals surface area contributed by atoms with Gasteiger partial charge in [-0.1, -0.05) is 6.07 Å². The van der Waals surface area contributed by atoms with Crippen molar-refractivity contribution in [3.8, 4) is 0 Å². The second-order valence-electron chi connectivity index (χ2n) is 6.79. The molecule has 4 rings (SSSR count). The molecule has 2 heterocycles. The number of imidazole rings is 1. The molecule has 6 heteroatoms. The van der Waals surface area contributed by atoms with Crippen LogP contribution in [0.4, 0.5) is 0 Å². The molecule has 2 aliphatic rings. The maximum Gasteiger partial charge on any atom is 0.243 e. The lowest BCUT2D eigenvalue weighted by atomic mass is 9.92. The van der Waals surface area contributed by atoms with E-state index in [4.69, 9.17) is 0 Å². The highest BCUT2D eigenvalue weighted by atomic mass is 32.2. The Hall–Kier alpha value is -1.66. The Balaban J connectivity index is 1.51. The van der Waals surface area contributed by atoms with Crippen molar-refractivity contribution in [2.75, 3.05) is 13.1 Å². The highest BCUT2D eigenvalue weighted by molar-refractivity contribution is 7.89. The third-order valence-corrected chi connectivity index (χ3v) is 7.21. The van der Waals surface area contributed by atoms with E-state index in [-0.39, 0.29) is 0 Å². The van der Waals surface area contributed by atoms with Crippen LogP contribution < -0.4 is 0 Å². The number of fused-ring (bicyclic) bond motifs is 1. The maximum absolute atomic E-state index is 13.0. The second-order valence-corrected chi connectivity index (χ2v) is 8.73. The predicted octanol–water partition coefficient (Wildman–Crippen LogP) is 2.86. The van der Waals surface area contributed by atoms with E-state index in [0.717, 1.165) is 37.9 Å². The molecule has 0 amide bonds. The molecule has 128 valence electrons. The molecule has 24 heavy (non-hydrogen) atoms. The first-order chi connectivity index (χ1) is 11.6. The Morgan fingerprint density at radius 1 is 1.08 bits per heavy atom. The number of hydrogen-bond acceptors (Lipinski definition) is 3. The number of nitrogens with one attached hydrogen (secondary N) is 1. The predicted molar refractivity (Wildman–Crippen MR) is 92.4 cm³/mol. The average Bonchev–Trinajstić information content (AvgIpc) is 3.16. The number of rotatable bonds is 3. The van der Waals surface area contributed by atoms with Gasteiger partial charge in [-0.2, -0.15) is 4.31 Å².